The lowest BCUT2D eigenvalue weighted by Gasteiger charge is -2.30. The second-order valence-electron chi connectivity index (χ2n) is 6.36. The van der Waals surface area contributed by atoms with E-state index in [4.69, 9.17) is 4.74 Å². The third-order valence-corrected chi connectivity index (χ3v) is 4.36. The molecule has 0 bridgehead atoms. The number of carbonyl (C=O) groups is 1. The van der Waals surface area contributed by atoms with Crippen molar-refractivity contribution in [3.8, 4) is 0 Å². The molecule has 0 radical (unpaired) electrons. The molecule has 1 saturated carbocycles. The molecule has 0 spiro atoms. The van der Waals surface area contributed by atoms with Crippen LogP contribution in [0.1, 0.15) is 49.9 Å². The largest absolute Gasteiger partial charge is 0.376 e. The Kier molecular flexibility index (Phi) is 4.00. The molecule has 4 heteroatoms. The van der Waals surface area contributed by atoms with Gasteiger partial charge in [-0.3, -0.25) is 9.69 Å². The molecule has 3 rings (SSSR count). The molecule has 0 unspecified atom stereocenters. The molecule has 2 fully saturated rings. The maximum atomic E-state index is 11.9. The van der Waals surface area contributed by atoms with Gasteiger partial charge in [0.25, 0.3) is 0 Å². The lowest BCUT2D eigenvalue weighted by molar-refractivity contribution is -0.0215. The van der Waals surface area contributed by atoms with Crippen molar-refractivity contribution in [3.05, 3.63) is 29.6 Å². The maximum absolute atomic E-state index is 11.9. The zero-order chi connectivity index (χ0) is 15.0. The number of hydrogen-bond donors (Lipinski definition) is 1. The first kappa shape index (κ1) is 14.5. The van der Waals surface area contributed by atoms with Crippen molar-refractivity contribution in [3.63, 3.8) is 0 Å². The van der Waals surface area contributed by atoms with Gasteiger partial charge in [-0.2, -0.15) is 0 Å². The number of aromatic amines is 1. The van der Waals surface area contributed by atoms with E-state index in [9.17, 15) is 4.79 Å². The third-order valence-electron chi connectivity index (χ3n) is 4.36. The summed E-state index contributed by atoms with van der Waals surface area (Å²) in [6.07, 6.45) is 2.69. The molecule has 2 aliphatic rings. The van der Waals surface area contributed by atoms with E-state index >= 15 is 0 Å². The predicted molar refractivity (Wildman–Crippen MR) is 85.4 cm³/mol. The van der Waals surface area contributed by atoms with E-state index in [2.05, 4.69) is 29.5 Å². The minimum atomic E-state index is 0. The average Bonchev–Trinajstić information content (AvgIpc) is 3.19. The fourth-order valence-corrected chi connectivity index (χ4v) is 3.05. The van der Waals surface area contributed by atoms with E-state index in [0.717, 1.165) is 48.8 Å². The topological polar surface area (TPSA) is 45.3 Å². The Labute approximate surface area is 127 Å². The van der Waals surface area contributed by atoms with E-state index in [1.807, 2.05) is 0 Å². The van der Waals surface area contributed by atoms with E-state index < -0.39 is 0 Å². The first-order valence-corrected chi connectivity index (χ1v) is 7.80. The summed E-state index contributed by atoms with van der Waals surface area (Å²) < 4.78 is 5.57. The zero-order valence-electron chi connectivity index (χ0n) is 12.9. The Balaban J connectivity index is 0.00000176. The van der Waals surface area contributed by atoms with E-state index in [0.29, 0.717) is 5.92 Å². The number of H-pyrrole nitrogens is 1. The molecule has 2 heterocycles. The number of nitrogens with zero attached hydrogens (tertiary/aromatic N) is 1. The van der Waals surface area contributed by atoms with Crippen LogP contribution in [0.25, 0.3) is 5.57 Å². The minimum Gasteiger partial charge on any atom is -0.376 e. The standard InChI is InChI=1S/C17H24N2O2.H2/c1-11-9-19(6-7-21-11)10-15-8-16(12(2)14-4-5-14)17(18-15)13(3)20;/h8,11,14,18H,2,4-7,9-10H2,1,3H3;1H/t11-;/m1./s1. The Morgan fingerprint density at radius 3 is 2.95 bits per heavy atom. The van der Waals surface area contributed by atoms with Crippen LogP contribution in [0.4, 0.5) is 0 Å². The monoisotopic (exact) mass is 290 g/mol. The van der Waals surface area contributed by atoms with Crippen molar-refractivity contribution in [1.82, 2.24) is 9.88 Å². The van der Waals surface area contributed by atoms with E-state index in [-0.39, 0.29) is 13.3 Å². The molecule has 1 aromatic rings. The van der Waals surface area contributed by atoms with Gasteiger partial charge in [-0.05, 0) is 37.3 Å². The number of aromatic nitrogens is 1. The van der Waals surface area contributed by atoms with Gasteiger partial charge in [0.15, 0.2) is 5.78 Å². The summed E-state index contributed by atoms with van der Waals surface area (Å²) in [7, 11) is 0. The van der Waals surface area contributed by atoms with Crippen molar-refractivity contribution in [2.45, 2.75) is 39.3 Å². The normalized spacial score (nSPS) is 23.2. The molecule has 1 aliphatic carbocycles. The summed E-state index contributed by atoms with van der Waals surface area (Å²) in [5.41, 5.74) is 3.98. The first-order valence-electron chi connectivity index (χ1n) is 7.80. The average molecular weight is 290 g/mol. The molecule has 0 aromatic carbocycles. The number of allylic oxidation sites excluding steroid dienone is 1. The van der Waals surface area contributed by atoms with Crippen LogP contribution in [0, 0.1) is 5.92 Å². The van der Waals surface area contributed by atoms with Crippen LogP contribution in [-0.4, -0.2) is 41.5 Å². The summed E-state index contributed by atoms with van der Waals surface area (Å²) in [6, 6.07) is 2.12. The minimum absolute atomic E-state index is 0. The Hall–Kier alpha value is -1.39. The summed E-state index contributed by atoms with van der Waals surface area (Å²) in [6.45, 7) is 11.4. The van der Waals surface area contributed by atoms with Gasteiger partial charge in [0.2, 0.25) is 0 Å². The second-order valence-corrected chi connectivity index (χ2v) is 6.36. The van der Waals surface area contributed by atoms with Crippen molar-refractivity contribution >= 4 is 11.4 Å². The lowest BCUT2D eigenvalue weighted by Crippen LogP contribution is -2.40. The number of ether oxygens (including phenoxy) is 1. The van der Waals surface area contributed by atoms with Gasteiger partial charge in [0.1, 0.15) is 0 Å². The van der Waals surface area contributed by atoms with Crippen molar-refractivity contribution < 1.29 is 11.0 Å². The Morgan fingerprint density at radius 2 is 2.33 bits per heavy atom. The molecule has 4 nitrogen and oxygen atoms in total. The van der Waals surface area contributed by atoms with Gasteiger partial charge in [-0.15, -0.1) is 0 Å². The zero-order valence-corrected chi connectivity index (χ0v) is 12.9. The number of Topliss-reactive ketones (excluding diaryl/α,β-unsaturated/α-hetero) is 1. The molecule has 21 heavy (non-hydrogen) atoms. The number of hydrogen-bond acceptors (Lipinski definition) is 3. The molecular weight excluding hydrogens is 264 g/mol. The molecule has 116 valence electrons. The molecular formula is C17H26N2O2. The van der Waals surface area contributed by atoms with Crippen molar-refractivity contribution in [1.29, 1.82) is 0 Å². The SMILES string of the molecule is C=C(c1cc(CN2CCO[C@H](C)C2)[nH]c1C(C)=O)C1CC1.[HH]. The van der Waals surface area contributed by atoms with Crippen LogP contribution in [0.2, 0.25) is 0 Å². The van der Waals surface area contributed by atoms with E-state index in [1.54, 1.807) is 6.92 Å². The quantitative estimate of drug-likeness (QED) is 0.848. The summed E-state index contributed by atoms with van der Waals surface area (Å²) in [5.74, 6) is 0.670. The third kappa shape index (κ3) is 3.27. The highest BCUT2D eigenvalue weighted by molar-refractivity contribution is 5.97. The van der Waals surface area contributed by atoms with Crippen LogP contribution < -0.4 is 0 Å². The molecule has 1 atom stereocenters. The Morgan fingerprint density at radius 1 is 1.57 bits per heavy atom. The van der Waals surface area contributed by atoms with Crippen molar-refractivity contribution in [2.24, 2.45) is 5.92 Å². The van der Waals surface area contributed by atoms with Crippen LogP contribution in [-0.2, 0) is 11.3 Å². The molecule has 1 aromatic heterocycles. The second kappa shape index (κ2) is 5.78. The van der Waals surface area contributed by atoms with Gasteiger partial charge in [0.05, 0.1) is 18.4 Å². The first-order chi connectivity index (χ1) is 10.0. The summed E-state index contributed by atoms with van der Waals surface area (Å²) >= 11 is 0. The summed E-state index contributed by atoms with van der Waals surface area (Å²) in [4.78, 5) is 17.5. The highest BCUT2D eigenvalue weighted by atomic mass is 16.5. The van der Waals surface area contributed by atoms with Gasteiger partial charge in [-0.1, -0.05) is 6.58 Å². The predicted octanol–water partition coefficient (Wildman–Crippen LogP) is 3.11. The lowest BCUT2D eigenvalue weighted by atomic mass is 10.0. The molecule has 1 saturated heterocycles. The number of carbonyl (C=O) groups excluding carboxylic acids is 1. The summed E-state index contributed by atoms with van der Waals surface area (Å²) in [5, 5.41) is 0. The number of rotatable bonds is 5. The number of ketones is 1. The fraction of sp³-hybridized carbons (Fsp3) is 0.588. The van der Waals surface area contributed by atoms with Crippen LogP contribution in [0.5, 0.6) is 0 Å². The molecule has 1 aliphatic heterocycles. The Bertz CT molecular complexity index is 563. The van der Waals surface area contributed by atoms with Crippen LogP contribution in [0.3, 0.4) is 0 Å². The van der Waals surface area contributed by atoms with Crippen molar-refractivity contribution in [2.75, 3.05) is 19.7 Å². The highest BCUT2D eigenvalue weighted by Crippen LogP contribution is 2.42. The van der Waals surface area contributed by atoms with Gasteiger partial charge in [0, 0.05) is 39.2 Å². The van der Waals surface area contributed by atoms with Crippen LogP contribution >= 0.6 is 0 Å². The molecule has 1 N–H and O–H groups in total. The van der Waals surface area contributed by atoms with Gasteiger partial charge < -0.3 is 9.72 Å². The maximum Gasteiger partial charge on any atom is 0.176 e. The smallest absolute Gasteiger partial charge is 0.176 e. The molecule has 0 amide bonds. The highest BCUT2D eigenvalue weighted by Gasteiger charge is 2.28. The fourth-order valence-electron chi connectivity index (χ4n) is 3.05. The van der Waals surface area contributed by atoms with Gasteiger partial charge >= 0.3 is 0 Å². The van der Waals surface area contributed by atoms with E-state index in [1.165, 1.54) is 12.8 Å². The van der Waals surface area contributed by atoms with Crippen LogP contribution in [0.15, 0.2) is 12.6 Å². The van der Waals surface area contributed by atoms with Gasteiger partial charge in [-0.25, -0.2) is 0 Å². The number of nitrogens with one attached hydrogen (secondary N) is 1. The number of morpholine rings is 1.